The second-order valence-corrected chi connectivity index (χ2v) is 3.60. The summed E-state index contributed by atoms with van der Waals surface area (Å²) in [7, 11) is 0. The van der Waals surface area contributed by atoms with Crippen molar-refractivity contribution in [2.24, 2.45) is 0 Å². The molecule has 0 aliphatic heterocycles. The molecule has 3 nitrogen and oxygen atoms in total. The molecule has 15 heavy (non-hydrogen) atoms. The SMILES string of the molecule is Cc1ccncc1C(O)c1occc1C. The number of pyridine rings is 1. The third-order valence-corrected chi connectivity index (χ3v) is 2.52. The second-order valence-electron chi connectivity index (χ2n) is 3.60. The molecule has 0 fully saturated rings. The fourth-order valence-corrected chi connectivity index (χ4v) is 1.57. The summed E-state index contributed by atoms with van der Waals surface area (Å²) < 4.78 is 5.26. The Kier molecular flexibility index (Phi) is 2.56. The molecule has 0 spiro atoms. The van der Waals surface area contributed by atoms with Crippen molar-refractivity contribution in [1.29, 1.82) is 0 Å². The molecule has 0 radical (unpaired) electrons. The van der Waals surface area contributed by atoms with Gasteiger partial charge in [0.1, 0.15) is 11.9 Å². The van der Waals surface area contributed by atoms with E-state index in [1.807, 2.05) is 26.0 Å². The zero-order valence-electron chi connectivity index (χ0n) is 8.77. The zero-order valence-corrected chi connectivity index (χ0v) is 8.77. The van der Waals surface area contributed by atoms with Crippen LogP contribution in [0.15, 0.2) is 35.2 Å². The van der Waals surface area contributed by atoms with E-state index in [9.17, 15) is 5.11 Å². The lowest BCUT2D eigenvalue weighted by Gasteiger charge is -2.11. The summed E-state index contributed by atoms with van der Waals surface area (Å²) in [5.41, 5.74) is 2.75. The summed E-state index contributed by atoms with van der Waals surface area (Å²) >= 11 is 0. The van der Waals surface area contributed by atoms with Crippen molar-refractivity contribution in [2.45, 2.75) is 20.0 Å². The van der Waals surface area contributed by atoms with E-state index in [0.717, 1.165) is 16.7 Å². The molecule has 0 aliphatic carbocycles. The van der Waals surface area contributed by atoms with Crippen LogP contribution in [-0.4, -0.2) is 10.1 Å². The van der Waals surface area contributed by atoms with Gasteiger partial charge in [0.05, 0.1) is 6.26 Å². The van der Waals surface area contributed by atoms with Gasteiger partial charge in [0, 0.05) is 18.0 Å². The first-order chi connectivity index (χ1) is 7.20. The van der Waals surface area contributed by atoms with E-state index in [0.29, 0.717) is 5.76 Å². The number of aliphatic hydroxyl groups excluding tert-OH is 1. The molecule has 0 aromatic carbocycles. The van der Waals surface area contributed by atoms with Gasteiger partial charge in [-0.25, -0.2) is 0 Å². The molecule has 0 bridgehead atoms. The maximum absolute atomic E-state index is 10.1. The van der Waals surface area contributed by atoms with Crippen molar-refractivity contribution in [2.75, 3.05) is 0 Å². The van der Waals surface area contributed by atoms with E-state index in [2.05, 4.69) is 4.98 Å². The molecule has 0 amide bonds. The number of hydrogen-bond acceptors (Lipinski definition) is 3. The van der Waals surface area contributed by atoms with E-state index in [4.69, 9.17) is 4.42 Å². The molecule has 2 rings (SSSR count). The molecular formula is C12H13NO2. The first-order valence-corrected chi connectivity index (χ1v) is 4.82. The van der Waals surface area contributed by atoms with Crippen LogP contribution in [0, 0.1) is 13.8 Å². The molecule has 3 heteroatoms. The Labute approximate surface area is 88.4 Å². The van der Waals surface area contributed by atoms with Crippen LogP contribution in [0.25, 0.3) is 0 Å². The van der Waals surface area contributed by atoms with Gasteiger partial charge in [-0.15, -0.1) is 0 Å². The predicted molar refractivity (Wildman–Crippen MR) is 56.5 cm³/mol. The van der Waals surface area contributed by atoms with Crippen molar-refractivity contribution in [1.82, 2.24) is 4.98 Å². The zero-order chi connectivity index (χ0) is 10.8. The highest BCUT2D eigenvalue weighted by atomic mass is 16.4. The average Bonchev–Trinajstić information content (AvgIpc) is 2.64. The smallest absolute Gasteiger partial charge is 0.139 e. The topological polar surface area (TPSA) is 46.3 Å². The van der Waals surface area contributed by atoms with E-state index >= 15 is 0 Å². The fraction of sp³-hybridized carbons (Fsp3) is 0.250. The number of aromatic nitrogens is 1. The standard InChI is InChI=1S/C12H13NO2/c1-8-3-5-13-7-10(8)11(14)12-9(2)4-6-15-12/h3-7,11,14H,1-2H3. The Bertz CT molecular complexity index is 462. The lowest BCUT2D eigenvalue weighted by atomic mass is 10.0. The van der Waals surface area contributed by atoms with Crippen molar-refractivity contribution >= 4 is 0 Å². The predicted octanol–water partition coefficient (Wildman–Crippen LogP) is 2.37. The minimum Gasteiger partial charge on any atom is -0.466 e. The molecule has 1 unspecified atom stereocenters. The van der Waals surface area contributed by atoms with Crippen LogP contribution in [0.3, 0.4) is 0 Å². The Balaban J connectivity index is 2.41. The third-order valence-electron chi connectivity index (χ3n) is 2.52. The normalized spacial score (nSPS) is 12.7. The van der Waals surface area contributed by atoms with Crippen LogP contribution in [0.1, 0.15) is 28.6 Å². The molecule has 2 heterocycles. The van der Waals surface area contributed by atoms with Gasteiger partial charge < -0.3 is 9.52 Å². The van der Waals surface area contributed by atoms with E-state index in [-0.39, 0.29) is 0 Å². The quantitative estimate of drug-likeness (QED) is 0.815. The van der Waals surface area contributed by atoms with Crippen molar-refractivity contribution in [3.8, 4) is 0 Å². The third kappa shape index (κ3) is 1.78. The first-order valence-electron chi connectivity index (χ1n) is 4.82. The summed E-state index contributed by atoms with van der Waals surface area (Å²) in [6.45, 7) is 3.85. The number of aryl methyl sites for hydroxylation is 2. The molecule has 0 saturated carbocycles. The highest BCUT2D eigenvalue weighted by Gasteiger charge is 2.17. The van der Waals surface area contributed by atoms with Crippen molar-refractivity contribution < 1.29 is 9.52 Å². The highest BCUT2D eigenvalue weighted by molar-refractivity contribution is 5.31. The van der Waals surface area contributed by atoms with Crippen LogP contribution in [0.5, 0.6) is 0 Å². The molecule has 2 aromatic rings. The van der Waals surface area contributed by atoms with Crippen LogP contribution >= 0.6 is 0 Å². The molecule has 0 aliphatic rings. The van der Waals surface area contributed by atoms with Crippen LogP contribution in [0.4, 0.5) is 0 Å². The van der Waals surface area contributed by atoms with Crippen molar-refractivity contribution in [3.05, 3.63) is 53.2 Å². The molecule has 1 N–H and O–H groups in total. The lowest BCUT2D eigenvalue weighted by molar-refractivity contribution is 0.187. The van der Waals surface area contributed by atoms with E-state index < -0.39 is 6.10 Å². The van der Waals surface area contributed by atoms with E-state index in [1.54, 1.807) is 18.7 Å². The van der Waals surface area contributed by atoms with Crippen LogP contribution in [0.2, 0.25) is 0 Å². The molecule has 2 aromatic heterocycles. The van der Waals surface area contributed by atoms with E-state index in [1.165, 1.54) is 0 Å². The van der Waals surface area contributed by atoms with Gasteiger partial charge in [-0.2, -0.15) is 0 Å². The summed E-state index contributed by atoms with van der Waals surface area (Å²) in [4.78, 5) is 4.00. The molecule has 0 saturated heterocycles. The monoisotopic (exact) mass is 203 g/mol. The summed E-state index contributed by atoms with van der Waals surface area (Å²) in [6, 6.07) is 3.71. The average molecular weight is 203 g/mol. The number of furan rings is 1. The molecule has 1 atom stereocenters. The molecular weight excluding hydrogens is 190 g/mol. The van der Waals surface area contributed by atoms with Gasteiger partial charge in [0.25, 0.3) is 0 Å². The first kappa shape index (κ1) is 9.93. The van der Waals surface area contributed by atoms with Gasteiger partial charge in [-0.05, 0) is 37.1 Å². The van der Waals surface area contributed by atoms with Gasteiger partial charge in [0.2, 0.25) is 0 Å². The lowest BCUT2D eigenvalue weighted by Crippen LogP contribution is -2.02. The number of rotatable bonds is 2. The summed E-state index contributed by atoms with van der Waals surface area (Å²) in [5, 5.41) is 10.1. The van der Waals surface area contributed by atoms with Gasteiger partial charge >= 0.3 is 0 Å². The number of nitrogens with zero attached hydrogens (tertiary/aromatic N) is 1. The number of aliphatic hydroxyl groups is 1. The Morgan fingerprint density at radius 3 is 2.67 bits per heavy atom. The fourth-order valence-electron chi connectivity index (χ4n) is 1.57. The summed E-state index contributed by atoms with van der Waals surface area (Å²) in [5.74, 6) is 0.589. The second kappa shape index (κ2) is 3.87. The van der Waals surface area contributed by atoms with Crippen molar-refractivity contribution in [3.63, 3.8) is 0 Å². The largest absolute Gasteiger partial charge is 0.466 e. The number of hydrogen-bond donors (Lipinski definition) is 1. The van der Waals surface area contributed by atoms with Crippen LogP contribution in [-0.2, 0) is 0 Å². The summed E-state index contributed by atoms with van der Waals surface area (Å²) in [6.07, 6.45) is 4.23. The van der Waals surface area contributed by atoms with Gasteiger partial charge in [-0.3, -0.25) is 4.98 Å². The molecule has 78 valence electrons. The maximum atomic E-state index is 10.1. The Morgan fingerprint density at radius 2 is 2.07 bits per heavy atom. The Morgan fingerprint density at radius 1 is 1.27 bits per heavy atom. The minimum atomic E-state index is -0.728. The maximum Gasteiger partial charge on any atom is 0.139 e. The van der Waals surface area contributed by atoms with Gasteiger partial charge in [0.15, 0.2) is 0 Å². The van der Waals surface area contributed by atoms with Gasteiger partial charge in [-0.1, -0.05) is 0 Å². The van der Waals surface area contributed by atoms with Crippen LogP contribution < -0.4 is 0 Å². The minimum absolute atomic E-state index is 0.589. The Hall–Kier alpha value is -1.61. The highest BCUT2D eigenvalue weighted by Crippen LogP contribution is 2.26.